The van der Waals surface area contributed by atoms with Gasteiger partial charge in [0, 0.05) is 6.07 Å². The highest BCUT2D eigenvalue weighted by atomic mass is 16.6. The lowest BCUT2D eigenvalue weighted by Crippen LogP contribution is -2.06. The SMILES string of the molecule is N#Cc1cc([N+](=O)[O-])c(N)c([N+](=O)[O-])c1N. The van der Waals surface area contributed by atoms with Crippen LogP contribution >= 0.6 is 0 Å². The van der Waals surface area contributed by atoms with Crippen molar-refractivity contribution in [3.05, 3.63) is 31.9 Å². The molecule has 0 aliphatic carbocycles. The zero-order valence-corrected chi connectivity index (χ0v) is 7.71. The number of rotatable bonds is 2. The van der Waals surface area contributed by atoms with Crippen LogP contribution in [0.3, 0.4) is 0 Å². The quantitative estimate of drug-likeness (QED) is 0.419. The van der Waals surface area contributed by atoms with Gasteiger partial charge >= 0.3 is 11.4 Å². The van der Waals surface area contributed by atoms with Crippen LogP contribution < -0.4 is 11.5 Å². The second-order valence-corrected chi connectivity index (χ2v) is 2.75. The lowest BCUT2D eigenvalue weighted by atomic mass is 10.1. The van der Waals surface area contributed by atoms with Gasteiger partial charge < -0.3 is 11.5 Å². The van der Waals surface area contributed by atoms with E-state index in [0.717, 1.165) is 6.07 Å². The molecule has 0 fully saturated rings. The Morgan fingerprint density at radius 3 is 2.12 bits per heavy atom. The van der Waals surface area contributed by atoms with E-state index in [4.69, 9.17) is 16.7 Å². The molecule has 0 atom stereocenters. The highest BCUT2D eigenvalue weighted by Gasteiger charge is 2.28. The Labute approximate surface area is 88.2 Å². The molecule has 0 aliphatic heterocycles. The van der Waals surface area contributed by atoms with Crippen molar-refractivity contribution in [2.24, 2.45) is 0 Å². The van der Waals surface area contributed by atoms with Crippen LogP contribution in [0.4, 0.5) is 22.7 Å². The van der Waals surface area contributed by atoms with Crippen molar-refractivity contribution in [2.45, 2.75) is 0 Å². The van der Waals surface area contributed by atoms with E-state index >= 15 is 0 Å². The third-order valence-corrected chi connectivity index (χ3v) is 1.86. The van der Waals surface area contributed by atoms with Gasteiger partial charge in [-0.1, -0.05) is 0 Å². The minimum atomic E-state index is -0.960. The molecule has 9 nitrogen and oxygen atoms in total. The zero-order valence-electron chi connectivity index (χ0n) is 7.71. The van der Waals surface area contributed by atoms with Crippen molar-refractivity contribution in [1.82, 2.24) is 0 Å². The molecule has 0 unspecified atom stereocenters. The number of nitrogens with zero attached hydrogens (tertiary/aromatic N) is 3. The van der Waals surface area contributed by atoms with Gasteiger partial charge in [0.05, 0.1) is 15.4 Å². The van der Waals surface area contributed by atoms with Crippen molar-refractivity contribution < 1.29 is 9.85 Å². The first-order valence-corrected chi connectivity index (χ1v) is 3.81. The number of hydrogen-bond donors (Lipinski definition) is 2. The fourth-order valence-electron chi connectivity index (χ4n) is 1.13. The Kier molecular flexibility index (Phi) is 2.58. The Bertz CT molecular complexity index is 533. The number of nitriles is 1. The highest BCUT2D eigenvalue weighted by Crippen LogP contribution is 2.38. The number of benzene rings is 1. The van der Waals surface area contributed by atoms with E-state index in [1.54, 1.807) is 0 Å². The third-order valence-electron chi connectivity index (χ3n) is 1.86. The van der Waals surface area contributed by atoms with E-state index in [0.29, 0.717) is 0 Å². The Morgan fingerprint density at radius 1 is 1.19 bits per heavy atom. The predicted molar refractivity (Wildman–Crippen MR) is 53.3 cm³/mol. The van der Waals surface area contributed by atoms with E-state index in [1.165, 1.54) is 6.07 Å². The molecule has 82 valence electrons. The molecular weight excluding hydrogens is 218 g/mol. The summed E-state index contributed by atoms with van der Waals surface area (Å²) in [4.78, 5) is 19.3. The van der Waals surface area contributed by atoms with Crippen molar-refractivity contribution in [2.75, 3.05) is 11.5 Å². The smallest absolute Gasteiger partial charge is 0.323 e. The normalized spacial score (nSPS) is 9.44. The summed E-state index contributed by atoms with van der Waals surface area (Å²) in [5, 5.41) is 29.7. The maximum absolute atomic E-state index is 10.6. The van der Waals surface area contributed by atoms with E-state index in [-0.39, 0.29) is 5.56 Å². The molecule has 1 rings (SSSR count). The molecule has 16 heavy (non-hydrogen) atoms. The van der Waals surface area contributed by atoms with Gasteiger partial charge in [-0.25, -0.2) is 0 Å². The molecule has 0 aliphatic rings. The molecule has 9 heteroatoms. The van der Waals surface area contributed by atoms with Gasteiger partial charge in [0.25, 0.3) is 0 Å². The average Bonchev–Trinajstić information content (AvgIpc) is 2.16. The Hall–Kier alpha value is -2.89. The molecule has 0 heterocycles. The summed E-state index contributed by atoms with van der Waals surface area (Å²) in [5.74, 6) is 0. The summed E-state index contributed by atoms with van der Waals surface area (Å²) >= 11 is 0. The number of nitro benzene ring substituents is 2. The topological polar surface area (TPSA) is 162 Å². The molecule has 1 aromatic rings. The monoisotopic (exact) mass is 223 g/mol. The fraction of sp³-hybridized carbons (Fsp3) is 0. The van der Waals surface area contributed by atoms with Crippen LogP contribution in [0.1, 0.15) is 5.56 Å². The maximum Gasteiger partial charge on any atom is 0.323 e. The summed E-state index contributed by atoms with van der Waals surface area (Å²) in [6.07, 6.45) is 0. The van der Waals surface area contributed by atoms with Crippen LogP contribution in [-0.4, -0.2) is 9.85 Å². The molecule has 0 bridgehead atoms. The lowest BCUT2D eigenvalue weighted by molar-refractivity contribution is -0.391. The van der Waals surface area contributed by atoms with Crippen LogP contribution in [0.25, 0.3) is 0 Å². The number of nitrogens with two attached hydrogens (primary N) is 2. The summed E-state index contributed by atoms with van der Waals surface area (Å²) in [6, 6.07) is 2.33. The minimum absolute atomic E-state index is 0.354. The first kappa shape index (κ1) is 11.2. The maximum atomic E-state index is 10.6. The van der Waals surface area contributed by atoms with Crippen LogP contribution in [0.15, 0.2) is 6.07 Å². The molecule has 1 aromatic carbocycles. The summed E-state index contributed by atoms with van der Waals surface area (Å²) in [7, 11) is 0. The molecule has 0 saturated heterocycles. The summed E-state index contributed by atoms with van der Waals surface area (Å²) < 4.78 is 0. The van der Waals surface area contributed by atoms with E-state index in [1.807, 2.05) is 0 Å². The first-order valence-electron chi connectivity index (χ1n) is 3.81. The van der Waals surface area contributed by atoms with Crippen LogP contribution in [0, 0.1) is 31.6 Å². The molecule has 0 saturated carbocycles. The van der Waals surface area contributed by atoms with Gasteiger partial charge in [-0.2, -0.15) is 5.26 Å². The van der Waals surface area contributed by atoms with Crippen molar-refractivity contribution in [3.63, 3.8) is 0 Å². The van der Waals surface area contributed by atoms with E-state index < -0.39 is 32.6 Å². The molecule has 0 radical (unpaired) electrons. The standard InChI is InChI=1S/C7H5N5O4/c8-2-3-1-4(11(13)14)6(10)7(5(3)9)12(15)16/h1H,9-10H2. The Balaban J connectivity index is 3.73. The van der Waals surface area contributed by atoms with Crippen LogP contribution in [0.5, 0.6) is 0 Å². The number of anilines is 2. The lowest BCUT2D eigenvalue weighted by Gasteiger charge is -2.03. The number of nitro groups is 2. The molecular formula is C7H5N5O4. The van der Waals surface area contributed by atoms with E-state index in [2.05, 4.69) is 0 Å². The largest absolute Gasteiger partial charge is 0.392 e. The fourth-order valence-corrected chi connectivity index (χ4v) is 1.13. The molecule has 0 aromatic heterocycles. The van der Waals surface area contributed by atoms with Crippen molar-refractivity contribution in [3.8, 4) is 6.07 Å². The second kappa shape index (κ2) is 3.70. The van der Waals surface area contributed by atoms with Gasteiger partial charge in [0.2, 0.25) is 0 Å². The summed E-state index contributed by atoms with van der Waals surface area (Å²) in [6.45, 7) is 0. The van der Waals surface area contributed by atoms with Gasteiger partial charge in [-0.05, 0) is 0 Å². The predicted octanol–water partition coefficient (Wildman–Crippen LogP) is 0.539. The zero-order chi connectivity index (χ0) is 12.5. The van der Waals surface area contributed by atoms with Crippen LogP contribution in [-0.2, 0) is 0 Å². The van der Waals surface area contributed by atoms with Crippen molar-refractivity contribution >= 4 is 22.7 Å². The first-order chi connectivity index (χ1) is 7.40. The van der Waals surface area contributed by atoms with E-state index in [9.17, 15) is 20.2 Å². The number of hydrogen-bond acceptors (Lipinski definition) is 7. The van der Waals surface area contributed by atoms with Gasteiger partial charge in [0.15, 0.2) is 5.69 Å². The molecule has 0 amide bonds. The van der Waals surface area contributed by atoms with Gasteiger partial charge in [0.1, 0.15) is 11.8 Å². The summed E-state index contributed by atoms with van der Waals surface area (Å²) in [5.41, 5.74) is 7.52. The number of nitrogen functional groups attached to an aromatic ring is 2. The average molecular weight is 223 g/mol. The third kappa shape index (κ3) is 1.55. The van der Waals surface area contributed by atoms with Crippen molar-refractivity contribution in [1.29, 1.82) is 5.26 Å². The molecule has 0 spiro atoms. The van der Waals surface area contributed by atoms with Gasteiger partial charge in [-0.3, -0.25) is 20.2 Å². The second-order valence-electron chi connectivity index (χ2n) is 2.75. The minimum Gasteiger partial charge on any atom is -0.392 e. The molecule has 4 N–H and O–H groups in total. The Morgan fingerprint density at radius 2 is 1.75 bits per heavy atom. The highest BCUT2D eigenvalue weighted by molar-refractivity contribution is 5.84. The van der Waals surface area contributed by atoms with Crippen LogP contribution in [0.2, 0.25) is 0 Å². The van der Waals surface area contributed by atoms with Gasteiger partial charge in [-0.15, -0.1) is 0 Å².